The van der Waals surface area contributed by atoms with Crippen molar-refractivity contribution in [2.45, 2.75) is 18.4 Å². The number of aromatic nitrogens is 2. The fourth-order valence-electron chi connectivity index (χ4n) is 3.20. The van der Waals surface area contributed by atoms with Gasteiger partial charge >= 0.3 is 0 Å². The number of nitrogens with one attached hydrogen (secondary N) is 1. The fraction of sp³-hybridized carbons (Fsp3) is 0.167. The number of benzene rings is 2. The first kappa shape index (κ1) is 23.1. The van der Waals surface area contributed by atoms with Crippen molar-refractivity contribution in [1.29, 1.82) is 0 Å². The summed E-state index contributed by atoms with van der Waals surface area (Å²) in [6, 6.07) is 18.4. The number of hydrogen-bond acceptors (Lipinski definition) is 6. The second kappa shape index (κ2) is 9.84. The van der Waals surface area contributed by atoms with Crippen molar-refractivity contribution in [3.63, 3.8) is 0 Å². The van der Waals surface area contributed by atoms with Crippen LogP contribution in [0.15, 0.2) is 88.5 Å². The van der Waals surface area contributed by atoms with E-state index in [4.69, 9.17) is 9.15 Å². The Balaban J connectivity index is 1.34. The molecule has 0 saturated heterocycles. The Bertz CT molecular complexity index is 1350. The maximum absolute atomic E-state index is 12.9. The fourth-order valence-corrected chi connectivity index (χ4v) is 4.40. The minimum Gasteiger partial charge on any atom is -0.484 e. The van der Waals surface area contributed by atoms with Gasteiger partial charge in [-0.15, -0.1) is 0 Å². The molecule has 34 heavy (non-hydrogen) atoms. The minimum atomic E-state index is -3.69. The van der Waals surface area contributed by atoms with E-state index in [2.05, 4.69) is 10.4 Å². The molecule has 0 radical (unpaired) electrons. The van der Waals surface area contributed by atoms with E-state index in [0.29, 0.717) is 29.6 Å². The number of nitrogens with zero attached hydrogens (tertiary/aromatic N) is 3. The van der Waals surface area contributed by atoms with Crippen LogP contribution in [0.1, 0.15) is 11.3 Å². The van der Waals surface area contributed by atoms with Crippen molar-refractivity contribution >= 4 is 27.4 Å². The summed E-state index contributed by atoms with van der Waals surface area (Å²) in [6.07, 6.45) is 3.16. The van der Waals surface area contributed by atoms with Crippen molar-refractivity contribution in [1.82, 2.24) is 9.78 Å². The summed E-state index contributed by atoms with van der Waals surface area (Å²) in [6.45, 7) is 2.06. The van der Waals surface area contributed by atoms with Gasteiger partial charge in [0.1, 0.15) is 23.9 Å². The molecule has 4 rings (SSSR count). The Morgan fingerprint density at radius 3 is 2.50 bits per heavy atom. The number of carbonyl (C=O) groups is 1. The zero-order valence-electron chi connectivity index (χ0n) is 18.7. The van der Waals surface area contributed by atoms with E-state index in [1.54, 1.807) is 77.8 Å². The molecule has 1 amide bonds. The Kier molecular flexibility index (Phi) is 6.69. The highest BCUT2D eigenvalue weighted by Crippen LogP contribution is 2.24. The van der Waals surface area contributed by atoms with E-state index in [0.717, 1.165) is 5.56 Å². The molecule has 0 atom stereocenters. The monoisotopic (exact) mass is 480 g/mol. The largest absolute Gasteiger partial charge is 0.484 e. The Morgan fingerprint density at radius 1 is 1.09 bits per heavy atom. The Hall–Kier alpha value is -4.05. The molecule has 0 aliphatic heterocycles. The van der Waals surface area contributed by atoms with Crippen LogP contribution in [0.4, 0.5) is 11.5 Å². The maximum atomic E-state index is 12.9. The van der Waals surface area contributed by atoms with Crippen LogP contribution in [0.3, 0.4) is 0 Å². The molecule has 0 unspecified atom stereocenters. The number of ether oxygens (including phenoxy) is 1. The number of hydrogen-bond donors (Lipinski definition) is 1. The lowest BCUT2D eigenvalue weighted by Gasteiger charge is -2.20. The van der Waals surface area contributed by atoms with E-state index < -0.39 is 10.0 Å². The first-order valence-corrected chi connectivity index (χ1v) is 11.9. The Labute approximate surface area is 197 Å². The lowest BCUT2D eigenvalue weighted by atomic mass is 10.2. The molecule has 0 spiro atoms. The first-order valence-electron chi connectivity index (χ1n) is 10.5. The van der Waals surface area contributed by atoms with Gasteiger partial charge in [0, 0.05) is 13.1 Å². The van der Waals surface area contributed by atoms with Crippen LogP contribution in [0.2, 0.25) is 0 Å². The molecule has 0 fully saturated rings. The van der Waals surface area contributed by atoms with Gasteiger partial charge in [0.05, 0.1) is 23.0 Å². The third-order valence-electron chi connectivity index (χ3n) is 5.12. The molecule has 0 aliphatic rings. The van der Waals surface area contributed by atoms with Crippen molar-refractivity contribution in [3.8, 4) is 5.75 Å². The van der Waals surface area contributed by atoms with E-state index >= 15 is 0 Å². The van der Waals surface area contributed by atoms with E-state index in [-0.39, 0.29) is 17.4 Å². The number of furan rings is 1. The molecule has 2 heterocycles. The first-order chi connectivity index (χ1) is 16.3. The quantitative estimate of drug-likeness (QED) is 0.392. The maximum Gasteiger partial charge on any atom is 0.264 e. The van der Waals surface area contributed by atoms with Gasteiger partial charge in [-0.2, -0.15) is 5.10 Å². The van der Waals surface area contributed by atoms with Crippen LogP contribution in [-0.2, 0) is 21.4 Å². The summed E-state index contributed by atoms with van der Waals surface area (Å²) < 4.78 is 39.4. The highest BCUT2D eigenvalue weighted by Gasteiger charge is 2.21. The summed E-state index contributed by atoms with van der Waals surface area (Å²) in [5, 5.41) is 6.93. The van der Waals surface area contributed by atoms with E-state index in [9.17, 15) is 13.2 Å². The molecule has 4 aromatic rings. The normalized spacial score (nSPS) is 11.2. The Morgan fingerprint density at radius 2 is 1.82 bits per heavy atom. The molecule has 176 valence electrons. The molecule has 2 aromatic carbocycles. The number of aryl methyl sites for hydroxylation is 1. The van der Waals surface area contributed by atoms with Crippen molar-refractivity contribution in [2.24, 2.45) is 0 Å². The van der Waals surface area contributed by atoms with Crippen LogP contribution < -0.4 is 14.4 Å². The van der Waals surface area contributed by atoms with Crippen LogP contribution in [0.5, 0.6) is 5.75 Å². The van der Waals surface area contributed by atoms with Gasteiger partial charge in [0.25, 0.3) is 15.9 Å². The zero-order valence-corrected chi connectivity index (χ0v) is 19.5. The average molecular weight is 481 g/mol. The molecule has 0 bridgehead atoms. The minimum absolute atomic E-state index is 0.212. The topological polar surface area (TPSA) is 107 Å². The molecular weight excluding hydrogens is 456 g/mol. The summed E-state index contributed by atoms with van der Waals surface area (Å²) in [5.41, 5.74) is 1.45. The zero-order chi connectivity index (χ0) is 24.1. The van der Waals surface area contributed by atoms with Gasteiger partial charge < -0.3 is 14.5 Å². The van der Waals surface area contributed by atoms with E-state index in [1.807, 2.05) is 13.0 Å². The highest BCUT2D eigenvalue weighted by atomic mass is 32.2. The van der Waals surface area contributed by atoms with Crippen LogP contribution in [0, 0.1) is 6.92 Å². The lowest BCUT2D eigenvalue weighted by molar-refractivity contribution is -0.118. The van der Waals surface area contributed by atoms with Gasteiger partial charge in [-0.05, 0) is 55.5 Å². The summed E-state index contributed by atoms with van der Waals surface area (Å²) in [7, 11) is -2.20. The van der Waals surface area contributed by atoms with Gasteiger partial charge in [-0.3, -0.25) is 9.10 Å². The second-order valence-electron chi connectivity index (χ2n) is 7.57. The summed E-state index contributed by atoms with van der Waals surface area (Å²) in [4.78, 5) is 12.5. The second-order valence-corrected chi connectivity index (χ2v) is 9.54. The molecule has 1 N–H and O–H groups in total. The third-order valence-corrected chi connectivity index (χ3v) is 6.92. The predicted molar refractivity (Wildman–Crippen MR) is 127 cm³/mol. The standard InChI is InChI=1S/C24H24N4O5S/c1-18-5-11-22(12-6-18)34(30,31)27(2)19-7-9-20(10-8-19)33-17-24(29)26-23-13-14-25-28(23)16-21-4-3-15-32-21/h3-15H,16-17H2,1-2H3,(H,26,29). The van der Waals surface area contributed by atoms with Crippen LogP contribution in [-0.4, -0.2) is 37.8 Å². The van der Waals surface area contributed by atoms with Gasteiger partial charge in [0.2, 0.25) is 0 Å². The van der Waals surface area contributed by atoms with E-state index in [1.165, 1.54) is 11.4 Å². The molecule has 0 aliphatic carbocycles. The molecule has 2 aromatic heterocycles. The molecule has 10 heteroatoms. The highest BCUT2D eigenvalue weighted by molar-refractivity contribution is 7.92. The molecular formula is C24H24N4O5S. The predicted octanol–water partition coefficient (Wildman–Crippen LogP) is 3.68. The number of rotatable bonds is 9. The lowest BCUT2D eigenvalue weighted by Crippen LogP contribution is -2.26. The van der Waals surface area contributed by atoms with Crippen LogP contribution >= 0.6 is 0 Å². The molecule has 9 nitrogen and oxygen atoms in total. The van der Waals surface area contributed by atoms with Gasteiger partial charge in [-0.25, -0.2) is 13.1 Å². The van der Waals surface area contributed by atoms with Crippen molar-refractivity contribution in [3.05, 3.63) is 90.5 Å². The van der Waals surface area contributed by atoms with Crippen molar-refractivity contribution in [2.75, 3.05) is 23.3 Å². The number of sulfonamides is 1. The van der Waals surface area contributed by atoms with Gasteiger partial charge in [-0.1, -0.05) is 17.7 Å². The number of anilines is 2. The number of amides is 1. The smallest absolute Gasteiger partial charge is 0.264 e. The third kappa shape index (κ3) is 5.29. The van der Waals surface area contributed by atoms with Crippen LogP contribution in [0.25, 0.3) is 0 Å². The SMILES string of the molecule is Cc1ccc(S(=O)(=O)N(C)c2ccc(OCC(=O)Nc3ccnn3Cc3ccco3)cc2)cc1. The van der Waals surface area contributed by atoms with Gasteiger partial charge in [0.15, 0.2) is 6.61 Å². The molecule has 0 saturated carbocycles. The summed E-state index contributed by atoms with van der Waals surface area (Å²) in [5.74, 6) is 1.31. The van der Waals surface area contributed by atoms with Crippen molar-refractivity contribution < 1.29 is 22.4 Å². The summed E-state index contributed by atoms with van der Waals surface area (Å²) >= 11 is 0. The number of carbonyl (C=O) groups excluding carboxylic acids is 1. The average Bonchev–Trinajstić information content (AvgIpc) is 3.50.